The van der Waals surface area contributed by atoms with E-state index in [1.807, 2.05) is 0 Å². The summed E-state index contributed by atoms with van der Waals surface area (Å²) in [6.07, 6.45) is 0. The largest absolute Gasteiger partial charge is 0.395 e. The number of carbonyl (C=O) groups excluding carboxylic acids is 1. The van der Waals surface area contributed by atoms with Gasteiger partial charge in [-0.3, -0.25) is 4.79 Å². The van der Waals surface area contributed by atoms with Crippen molar-refractivity contribution in [3.05, 3.63) is 21.9 Å². The van der Waals surface area contributed by atoms with Crippen LogP contribution in [0.4, 0.5) is 0 Å². The number of nitrogens with two attached hydrogens (primary N) is 1. The van der Waals surface area contributed by atoms with Crippen LogP contribution in [0.3, 0.4) is 0 Å². The van der Waals surface area contributed by atoms with Crippen molar-refractivity contribution in [2.24, 2.45) is 5.73 Å². The van der Waals surface area contributed by atoms with Crippen LogP contribution in [0.1, 0.15) is 14.5 Å². The number of amides is 1. The molecule has 0 unspecified atom stereocenters. The van der Waals surface area contributed by atoms with E-state index in [0.717, 1.165) is 4.88 Å². The van der Waals surface area contributed by atoms with Crippen molar-refractivity contribution in [2.45, 2.75) is 0 Å². The Morgan fingerprint density at radius 3 is 3.00 bits per heavy atom. The molecule has 0 aliphatic rings. The van der Waals surface area contributed by atoms with E-state index in [9.17, 15) is 4.79 Å². The van der Waals surface area contributed by atoms with Crippen LogP contribution < -0.4 is 5.73 Å². The van der Waals surface area contributed by atoms with Crippen molar-refractivity contribution >= 4 is 17.2 Å². The van der Waals surface area contributed by atoms with Gasteiger partial charge in [0.15, 0.2) is 0 Å². The smallest absolute Gasteiger partial charge is 0.263 e. The topological polar surface area (TPSA) is 66.6 Å². The summed E-state index contributed by atoms with van der Waals surface area (Å²) in [5.74, 6) is 5.51. The first kappa shape index (κ1) is 12.7. The number of thiophene rings is 1. The first-order valence-electron chi connectivity index (χ1n) is 4.84. The van der Waals surface area contributed by atoms with Gasteiger partial charge in [-0.15, -0.1) is 11.3 Å². The Morgan fingerprint density at radius 2 is 2.38 bits per heavy atom. The Balaban J connectivity index is 2.74. The molecular weight excluding hydrogens is 224 g/mol. The van der Waals surface area contributed by atoms with Crippen LogP contribution in [0.15, 0.2) is 12.1 Å². The van der Waals surface area contributed by atoms with E-state index in [2.05, 4.69) is 11.8 Å². The lowest BCUT2D eigenvalue weighted by molar-refractivity contribution is 0.0771. The molecule has 16 heavy (non-hydrogen) atoms. The number of hydrogen-bond acceptors (Lipinski definition) is 4. The Hall–Kier alpha value is -1.35. The van der Waals surface area contributed by atoms with E-state index < -0.39 is 0 Å². The zero-order chi connectivity index (χ0) is 12.0. The maximum absolute atomic E-state index is 11.8. The maximum Gasteiger partial charge on any atom is 0.263 e. The minimum absolute atomic E-state index is 0.0343. The number of likely N-dealkylation sites (N-methyl/N-ethyl adjacent to an activating group) is 1. The average Bonchev–Trinajstić information content (AvgIpc) is 2.74. The second-order valence-corrected chi connectivity index (χ2v) is 4.20. The fraction of sp³-hybridized carbons (Fsp3) is 0.364. The van der Waals surface area contributed by atoms with Gasteiger partial charge in [-0.2, -0.15) is 0 Å². The van der Waals surface area contributed by atoms with Gasteiger partial charge in [-0.25, -0.2) is 0 Å². The molecule has 86 valence electrons. The molecular formula is C11H14N2O2S. The van der Waals surface area contributed by atoms with Gasteiger partial charge in [-0.05, 0) is 12.1 Å². The number of hydrogen-bond donors (Lipinski definition) is 2. The summed E-state index contributed by atoms with van der Waals surface area (Å²) in [4.78, 5) is 14.7. The van der Waals surface area contributed by atoms with Crippen molar-refractivity contribution in [1.29, 1.82) is 0 Å². The molecule has 1 heterocycles. The van der Waals surface area contributed by atoms with Crippen LogP contribution in [0.5, 0.6) is 0 Å². The molecule has 1 rings (SSSR count). The first-order chi connectivity index (χ1) is 7.69. The Kier molecular flexibility index (Phi) is 4.99. The minimum atomic E-state index is -0.0974. The van der Waals surface area contributed by atoms with Gasteiger partial charge in [0.25, 0.3) is 5.91 Å². The van der Waals surface area contributed by atoms with Crippen LogP contribution in [0.2, 0.25) is 0 Å². The summed E-state index contributed by atoms with van der Waals surface area (Å²) in [5.41, 5.74) is 5.26. The predicted molar refractivity (Wildman–Crippen MR) is 64.3 cm³/mol. The van der Waals surface area contributed by atoms with Gasteiger partial charge >= 0.3 is 0 Å². The molecule has 0 aromatic carbocycles. The maximum atomic E-state index is 11.8. The Bertz CT molecular complexity index is 417. The van der Waals surface area contributed by atoms with Crippen molar-refractivity contribution in [3.63, 3.8) is 0 Å². The third-order valence-electron chi connectivity index (χ3n) is 1.91. The lowest BCUT2D eigenvalue weighted by Gasteiger charge is -2.13. The SMILES string of the molecule is CN(CCO)C(=O)c1ccc(C#CCN)s1. The monoisotopic (exact) mass is 238 g/mol. The molecule has 0 saturated carbocycles. The van der Waals surface area contributed by atoms with Crippen molar-refractivity contribution in [3.8, 4) is 11.8 Å². The van der Waals surface area contributed by atoms with E-state index in [4.69, 9.17) is 10.8 Å². The molecule has 4 nitrogen and oxygen atoms in total. The van der Waals surface area contributed by atoms with Crippen molar-refractivity contribution in [2.75, 3.05) is 26.7 Å². The van der Waals surface area contributed by atoms with Crippen molar-refractivity contribution in [1.82, 2.24) is 4.90 Å². The van der Waals surface area contributed by atoms with Gasteiger partial charge in [0.1, 0.15) is 0 Å². The number of rotatable bonds is 3. The van der Waals surface area contributed by atoms with Gasteiger partial charge in [0.05, 0.1) is 22.9 Å². The molecule has 0 fully saturated rings. The summed E-state index contributed by atoms with van der Waals surface area (Å²) in [7, 11) is 1.66. The van der Waals surface area contributed by atoms with Gasteiger partial charge in [0.2, 0.25) is 0 Å². The molecule has 0 radical (unpaired) electrons. The van der Waals surface area contributed by atoms with E-state index >= 15 is 0 Å². The summed E-state index contributed by atoms with van der Waals surface area (Å²) < 4.78 is 0. The lowest BCUT2D eigenvalue weighted by atomic mass is 10.4. The lowest BCUT2D eigenvalue weighted by Crippen LogP contribution is -2.28. The van der Waals surface area contributed by atoms with Crippen molar-refractivity contribution < 1.29 is 9.90 Å². The molecule has 0 spiro atoms. The van der Waals surface area contributed by atoms with Crippen LogP contribution in [-0.4, -0.2) is 42.7 Å². The zero-order valence-corrected chi connectivity index (χ0v) is 9.88. The highest BCUT2D eigenvalue weighted by molar-refractivity contribution is 7.14. The molecule has 0 aliphatic carbocycles. The Morgan fingerprint density at radius 1 is 1.62 bits per heavy atom. The fourth-order valence-electron chi connectivity index (χ4n) is 1.10. The van der Waals surface area contributed by atoms with E-state index in [1.54, 1.807) is 19.2 Å². The van der Waals surface area contributed by atoms with Crippen LogP contribution in [0.25, 0.3) is 0 Å². The second-order valence-electron chi connectivity index (χ2n) is 3.12. The molecule has 5 heteroatoms. The average molecular weight is 238 g/mol. The molecule has 0 atom stereocenters. The number of aliphatic hydroxyl groups excluding tert-OH is 1. The zero-order valence-electron chi connectivity index (χ0n) is 9.06. The molecule has 3 N–H and O–H groups in total. The van der Waals surface area contributed by atoms with E-state index in [1.165, 1.54) is 16.2 Å². The summed E-state index contributed by atoms with van der Waals surface area (Å²) in [5, 5.41) is 8.73. The summed E-state index contributed by atoms with van der Waals surface area (Å²) in [6.45, 7) is 0.611. The number of aliphatic hydroxyl groups is 1. The first-order valence-corrected chi connectivity index (χ1v) is 5.65. The third kappa shape index (κ3) is 3.35. The molecule has 0 aliphatic heterocycles. The standard InChI is InChI=1S/C11H14N2O2S/c1-13(7-8-14)11(15)10-5-4-9(16-10)3-2-6-12/h4-5,14H,6-8,12H2,1H3. The highest BCUT2D eigenvalue weighted by atomic mass is 32.1. The highest BCUT2D eigenvalue weighted by Gasteiger charge is 2.12. The third-order valence-corrected chi connectivity index (χ3v) is 2.90. The second kappa shape index (κ2) is 6.28. The Labute approximate surface area is 98.7 Å². The molecule has 0 saturated heterocycles. The van der Waals surface area contributed by atoms with Gasteiger partial charge < -0.3 is 15.7 Å². The van der Waals surface area contributed by atoms with Crippen LogP contribution in [-0.2, 0) is 0 Å². The van der Waals surface area contributed by atoms with Crippen LogP contribution in [0, 0.1) is 11.8 Å². The summed E-state index contributed by atoms with van der Waals surface area (Å²) >= 11 is 1.33. The quantitative estimate of drug-likeness (QED) is 0.735. The molecule has 1 aromatic heterocycles. The minimum Gasteiger partial charge on any atom is -0.395 e. The number of carbonyl (C=O) groups is 1. The van der Waals surface area contributed by atoms with Crippen LogP contribution >= 0.6 is 11.3 Å². The normalized spacial score (nSPS) is 9.44. The fourth-order valence-corrected chi connectivity index (χ4v) is 1.97. The highest BCUT2D eigenvalue weighted by Crippen LogP contribution is 2.16. The predicted octanol–water partition coefficient (Wildman–Crippen LogP) is 0.123. The summed E-state index contributed by atoms with van der Waals surface area (Å²) in [6, 6.07) is 3.54. The van der Waals surface area contributed by atoms with Gasteiger partial charge in [0, 0.05) is 13.6 Å². The molecule has 0 bridgehead atoms. The van der Waals surface area contributed by atoms with Gasteiger partial charge in [-0.1, -0.05) is 11.8 Å². The van der Waals surface area contributed by atoms with E-state index in [-0.39, 0.29) is 12.5 Å². The van der Waals surface area contributed by atoms with E-state index in [0.29, 0.717) is 18.0 Å². The molecule has 1 aromatic rings. The number of nitrogens with zero attached hydrogens (tertiary/aromatic N) is 1. The molecule has 1 amide bonds.